The van der Waals surface area contributed by atoms with Crippen LogP contribution in [0.3, 0.4) is 0 Å². The third-order valence-electron chi connectivity index (χ3n) is 7.89. The minimum absolute atomic E-state index is 0.0742. The highest BCUT2D eigenvalue weighted by atomic mass is 35.5. The van der Waals surface area contributed by atoms with Crippen molar-refractivity contribution in [3.05, 3.63) is 39.6 Å². The number of nitrogens with zero attached hydrogens (tertiary/aromatic N) is 3. The summed E-state index contributed by atoms with van der Waals surface area (Å²) in [5.74, 6) is 2.56. The van der Waals surface area contributed by atoms with Gasteiger partial charge in [-0.1, -0.05) is 23.3 Å². The highest BCUT2D eigenvalue weighted by molar-refractivity contribution is 7.91. The molecule has 0 spiro atoms. The molecular weight excluding hydrogens is 444 g/mol. The number of hydrogen-bond acceptors (Lipinski definition) is 6. The Morgan fingerprint density at radius 3 is 2.94 bits per heavy atom. The third-order valence-corrected chi connectivity index (χ3v) is 9.61. The second-order valence-electron chi connectivity index (χ2n) is 9.76. The predicted octanol–water partition coefficient (Wildman–Crippen LogP) is 3.84. The van der Waals surface area contributed by atoms with Crippen LogP contribution < -0.4 is 10.2 Å². The first kappa shape index (κ1) is 21.0. The van der Waals surface area contributed by atoms with E-state index in [0.29, 0.717) is 17.5 Å². The average molecular weight is 473 g/mol. The zero-order valence-corrected chi connectivity index (χ0v) is 19.8. The van der Waals surface area contributed by atoms with Gasteiger partial charge in [0.1, 0.15) is 11.4 Å². The lowest BCUT2D eigenvalue weighted by Gasteiger charge is -2.42. The lowest BCUT2D eigenvalue weighted by molar-refractivity contribution is 0.143. The van der Waals surface area contributed by atoms with Gasteiger partial charge in [0.25, 0.3) is 0 Å². The molecule has 1 saturated carbocycles. The first-order chi connectivity index (χ1) is 15.5. The maximum atomic E-state index is 12.7. The van der Waals surface area contributed by atoms with Crippen LogP contribution in [0.15, 0.2) is 38.8 Å². The molecule has 5 aliphatic rings. The summed E-state index contributed by atoms with van der Waals surface area (Å²) < 4.78 is 12.7. The van der Waals surface area contributed by atoms with Gasteiger partial charge in [0, 0.05) is 24.5 Å². The second-order valence-corrected chi connectivity index (χ2v) is 11.7. The van der Waals surface area contributed by atoms with Gasteiger partial charge in [-0.3, -0.25) is 0 Å². The van der Waals surface area contributed by atoms with E-state index in [4.69, 9.17) is 21.6 Å². The van der Waals surface area contributed by atoms with E-state index in [1.54, 1.807) is 5.57 Å². The standard InChI is InChI=1S/C24H29ClN4O2S/c25-17-4-5-18-15(12-17)2-3-16-13-29(10-6-19(16)18)23-26-20-7-11-32(31)21(20)22(27-23)28-24(14-30)8-1-9-24/h4,12,16,30H,1-3,5-11,13-14H2,(H,26,27,28)/t16-,32-/m1/s1. The average Bonchev–Trinajstić information content (AvgIpc) is 3.16. The van der Waals surface area contributed by atoms with Gasteiger partial charge in [0.05, 0.1) is 12.1 Å². The fraction of sp³-hybridized carbons (Fsp3) is 0.583. The van der Waals surface area contributed by atoms with Crippen molar-refractivity contribution in [2.24, 2.45) is 5.92 Å². The summed E-state index contributed by atoms with van der Waals surface area (Å²) in [5.41, 5.74) is 5.11. The second kappa shape index (κ2) is 8.05. The molecule has 6 nitrogen and oxygen atoms in total. The van der Waals surface area contributed by atoms with Crippen LogP contribution in [0.1, 0.15) is 50.6 Å². The number of aliphatic hydroxyl groups is 1. The molecule has 170 valence electrons. The largest absolute Gasteiger partial charge is 0.611 e. The van der Waals surface area contributed by atoms with Crippen molar-refractivity contribution in [1.29, 1.82) is 0 Å². The summed E-state index contributed by atoms with van der Waals surface area (Å²) in [4.78, 5) is 12.9. The maximum Gasteiger partial charge on any atom is 0.227 e. The van der Waals surface area contributed by atoms with Gasteiger partial charge in [0.2, 0.25) is 10.8 Å². The fourth-order valence-electron chi connectivity index (χ4n) is 5.89. The molecule has 3 heterocycles. The van der Waals surface area contributed by atoms with Crippen molar-refractivity contribution in [3.8, 4) is 0 Å². The number of allylic oxidation sites excluding steroid dienone is 5. The molecule has 0 bridgehead atoms. The van der Waals surface area contributed by atoms with Crippen LogP contribution in [0.4, 0.5) is 11.8 Å². The summed E-state index contributed by atoms with van der Waals surface area (Å²) in [7, 11) is 0. The molecule has 2 N–H and O–H groups in total. The minimum Gasteiger partial charge on any atom is -0.611 e. The Bertz CT molecular complexity index is 1040. The number of aliphatic hydroxyl groups excluding tert-OH is 1. The van der Waals surface area contributed by atoms with E-state index in [1.165, 1.54) is 11.1 Å². The normalized spacial score (nSPS) is 28.3. The molecule has 2 atom stereocenters. The molecule has 1 aromatic heterocycles. The van der Waals surface area contributed by atoms with E-state index in [0.717, 1.165) is 86.0 Å². The van der Waals surface area contributed by atoms with Gasteiger partial charge in [-0.25, -0.2) is 4.98 Å². The van der Waals surface area contributed by atoms with Crippen LogP contribution in [0.25, 0.3) is 0 Å². The van der Waals surface area contributed by atoms with Gasteiger partial charge < -0.3 is 19.9 Å². The van der Waals surface area contributed by atoms with E-state index in [2.05, 4.69) is 22.4 Å². The topological polar surface area (TPSA) is 84.3 Å². The van der Waals surface area contributed by atoms with Gasteiger partial charge in [0.15, 0.2) is 5.82 Å². The van der Waals surface area contributed by atoms with Crippen molar-refractivity contribution in [3.63, 3.8) is 0 Å². The molecule has 8 heteroatoms. The molecule has 0 radical (unpaired) electrons. The number of nitrogens with one attached hydrogen (secondary N) is 1. The smallest absolute Gasteiger partial charge is 0.227 e. The fourth-order valence-corrected chi connectivity index (χ4v) is 7.41. The molecule has 1 saturated heterocycles. The molecule has 0 aromatic carbocycles. The van der Waals surface area contributed by atoms with Gasteiger partial charge >= 0.3 is 0 Å². The van der Waals surface area contributed by atoms with Crippen LogP contribution in [0, 0.1) is 5.92 Å². The molecule has 2 fully saturated rings. The predicted molar refractivity (Wildman–Crippen MR) is 128 cm³/mol. The summed E-state index contributed by atoms with van der Waals surface area (Å²) in [5, 5.41) is 14.3. The highest BCUT2D eigenvalue weighted by Crippen LogP contribution is 2.44. The number of hydrogen-bond donors (Lipinski definition) is 2. The SMILES string of the molecule is [O-][S@+]1CCc2nc(N3CCC4=C5CC=C(Cl)C=C5CC[C@@H]4C3)nc(NC3(CO)CCC3)c21. The van der Waals surface area contributed by atoms with E-state index < -0.39 is 11.2 Å². The van der Waals surface area contributed by atoms with Gasteiger partial charge in [-0.05, 0) is 79.3 Å². The monoisotopic (exact) mass is 472 g/mol. The van der Waals surface area contributed by atoms with Crippen molar-refractivity contribution < 1.29 is 9.66 Å². The Kier molecular flexibility index (Phi) is 5.29. The molecule has 0 unspecified atom stereocenters. The van der Waals surface area contributed by atoms with Crippen LogP contribution in [0.5, 0.6) is 0 Å². The van der Waals surface area contributed by atoms with Crippen LogP contribution in [-0.2, 0) is 17.6 Å². The Morgan fingerprint density at radius 1 is 1.28 bits per heavy atom. The van der Waals surface area contributed by atoms with E-state index in [9.17, 15) is 9.66 Å². The number of aromatic nitrogens is 2. The van der Waals surface area contributed by atoms with E-state index in [1.807, 2.05) is 0 Å². The van der Waals surface area contributed by atoms with Gasteiger partial charge in [-0.2, -0.15) is 4.98 Å². The highest BCUT2D eigenvalue weighted by Gasteiger charge is 2.41. The molecule has 1 aromatic rings. The van der Waals surface area contributed by atoms with Crippen molar-refractivity contribution in [2.45, 2.75) is 61.8 Å². The van der Waals surface area contributed by atoms with Gasteiger partial charge in [-0.15, -0.1) is 0 Å². The number of piperidine rings is 1. The zero-order valence-electron chi connectivity index (χ0n) is 18.2. The first-order valence-corrected chi connectivity index (χ1v) is 13.5. The van der Waals surface area contributed by atoms with Crippen LogP contribution >= 0.6 is 11.6 Å². The Hall–Kier alpha value is -1.54. The van der Waals surface area contributed by atoms with Crippen molar-refractivity contribution in [1.82, 2.24) is 9.97 Å². The Labute approximate surface area is 197 Å². The summed E-state index contributed by atoms with van der Waals surface area (Å²) in [6.07, 6.45) is 12.1. The quantitative estimate of drug-likeness (QED) is 0.648. The maximum absolute atomic E-state index is 12.7. The minimum atomic E-state index is -1.07. The molecule has 32 heavy (non-hydrogen) atoms. The van der Waals surface area contributed by atoms with Crippen molar-refractivity contribution in [2.75, 3.05) is 35.7 Å². The Balaban J connectivity index is 1.29. The molecule has 0 amide bonds. The third kappa shape index (κ3) is 3.49. The molecule has 2 aliphatic heterocycles. The summed E-state index contributed by atoms with van der Waals surface area (Å²) >= 11 is 5.18. The number of rotatable bonds is 4. The lowest BCUT2D eigenvalue weighted by atomic mass is 9.74. The first-order valence-electron chi connectivity index (χ1n) is 11.8. The van der Waals surface area contributed by atoms with Crippen LogP contribution in [-0.4, -0.2) is 50.6 Å². The van der Waals surface area contributed by atoms with Crippen molar-refractivity contribution >= 4 is 34.5 Å². The number of fused-ring (bicyclic) bond motifs is 3. The molecule has 6 rings (SSSR count). The number of anilines is 2. The van der Waals surface area contributed by atoms with E-state index in [-0.39, 0.29) is 12.1 Å². The zero-order chi connectivity index (χ0) is 21.9. The summed E-state index contributed by atoms with van der Waals surface area (Å²) in [6, 6.07) is 0. The van der Waals surface area contributed by atoms with Crippen LogP contribution in [0.2, 0.25) is 0 Å². The number of aryl methyl sites for hydroxylation is 1. The lowest BCUT2D eigenvalue weighted by Crippen LogP contribution is -2.49. The molecule has 3 aliphatic carbocycles. The Morgan fingerprint density at radius 2 is 2.16 bits per heavy atom. The molecular formula is C24H29ClN4O2S. The summed E-state index contributed by atoms with van der Waals surface area (Å²) in [6.45, 7) is 1.90. The number of halogens is 1. The van der Waals surface area contributed by atoms with E-state index >= 15 is 0 Å².